The summed E-state index contributed by atoms with van der Waals surface area (Å²) in [6.45, 7) is 5.38. The first-order valence-electron chi connectivity index (χ1n) is 10.7. The average Bonchev–Trinajstić information content (AvgIpc) is 3.07. The SMILES string of the molecule is CCOc1ccc(OCC)c(N[C@H]2c3ncccc3C(=O)N2Cc2ccc(OC)cc2)c1. The summed E-state index contributed by atoms with van der Waals surface area (Å²) in [5.74, 6) is 2.12. The summed E-state index contributed by atoms with van der Waals surface area (Å²) in [5.41, 5.74) is 3.02. The van der Waals surface area contributed by atoms with Crippen molar-refractivity contribution in [2.75, 3.05) is 25.6 Å². The number of ether oxygens (including phenoxy) is 3. The molecule has 1 aliphatic rings. The first-order valence-corrected chi connectivity index (χ1v) is 10.7. The summed E-state index contributed by atoms with van der Waals surface area (Å²) in [6, 6.07) is 16.9. The highest BCUT2D eigenvalue weighted by atomic mass is 16.5. The summed E-state index contributed by atoms with van der Waals surface area (Å²) >= 11 is 0. The highest BCUT2D eigenvalue weighted by molar-refractivity contribution is 5.99. The van der Waals surface area contributed by atoms with Gasteiger partial charge in [-0.2, -0.15) is 0 Å². The van der Waals surface area contributed by atoms with Crippen LogP contribution >= 0.6 is 0 Å². The molecule has 3 aromatic rings. The predicted molar refractivity (Wildman–Crippen MR) is 122 cm³/mol. The lowest BCUT2D eigenvalue weighted by molar-refractivity contribution is 0.0727. The topological polar surface area (TPSA) is 72.9 Å². The molecule has 1 aromatic heterocycles. The lowest BCUT2D eigenvalue weighted by Gasteiger charge is -2.27. The van der Waals surface area contributed by atoms with Gasteiger partial charge in [0.15, 0.2) is 0 Å². The summed E-state index contributed by atoms with van der Waals surface area (Å²) in [5, 5.41) is 3.49. The molecule has 4 rings (SSSR count). The van der Waals surface area contributed by atoms with Crippen molar-refractivity contribution in [3.8, 4) is 17.2 Å². The van der Waals surface area contributed by atoms with Gasteiger partial charge in [0.1, 0.15) is 23.4 Å². The molecule has 166 valence electrons. The summed E-state index contributed by atoms with van der Waals surface area (Å²) in [7, 11) is 1.63. The van der Waals surface area contributed by atoms with Gasteiger partial charge in [0.25, 0.3) is 5.91 Å². The van der Waals surface area contributed by atoms with Crippen molar-refractivity contribution in [2.24, 2.45) is 0 Å². The molecule has 7 heteroatoms. The molecule has 0 bridgehead atoms. The lowest BCUT2D eigenvalue weighted by atomic mass is 10.2. The molecule has 0 unspecified atom stereocenters. The molecule has 2 aromatic carbocycles. The average molecular weight is 434 g/mol. The second kappa shape index (κ2) is 9.60. The van der Waals surface area contributed by atoms with Gasteiger partial charge in [-0.1, -0.05) is 12.1 Å². The molecule has 0 spiro atoms. The first-order chi connectivity index (χ1) is 15.6. The maximum Gasteiger partial charge on any atom is 0.258 e. The number of fused-ring (bicyclic) bond motifs is 1. The molecule has 1 amide bonds. The van der Waals surface area contributed by atoms with E-state index in [9.17, 15) is 4.79 Å². The number of pyridine rings is 1. The van der Waals surface area contributed by atoms with Crippen LogP contribution in [0.1, 0.15) is 41.6 Å². The number of anilines is 1. The zero-order valence-corrected chi connectivity index (χ0v) is 18.5. The Kier molecular flexibility index (Phi) is 6.44. The van der Waals surface area contributed by atoms with Gasteiger partial charge in [-0.25, -0.2) is 0 Å². The number of carbonyl (C=O) groups excluding carboxylic acids is 1. The van der Waals surface area contributed by atoms with E-state index >= 15 is 0 Å². The van der Waals surface area contributed by atoms with Crippen LogP contribution in [0.15, 0.2) is 60.8 Å². The molecule has 1 aliphatic heterocycles. The van der Waals surface area contributed by atoms with Crippen molar-refractivity contribution in [3.05, 3.63) is 77.6 Å². The Morgan fingerprint density at radius 1 is 1.00 bits per heavy atom. The van der Waals surface area contributed by atoms with Crippen molar-refractivity contribution in [1.29, 1.82) is 0 Å². The first kappa shape index (κ1) is 21.5. The van der Waals surface area contributed by atoms with Gasteiger partial charge in [-0.15, -0.1) is 0 Å². The predicted octanol–water partition coefficient (Wildman–Crippen LogP) is 4.65. The number of methoxy groups -OCH3 is 1. The minimum atomic E-state index is -0.447. The number of hydrogen-bond acceptors (Lipinski definition) is 6. The number of rotatable bonds is 9. The highest BCUT2D eigenvalue weighted by Crippen LogP contribution is 2.38. The fraction of sp³-hybridized carbons (Fsp3) is 0.280. The fourth-order valence-electron chi connectivity index (χ4n) is 3.78. The van der Waals surface area contributed by atoms with Crippen LogP contribution < -0.4 is 19.5 Å². The maximum absolute atomic E-state index is 13.3. The monoisotopic (exact) mass is 433 g/mol. The van der Waals surface area contributed by atoms with Crippen molar-refractivity contribution in [3.63, 3.8) is 0 Å². The lowest BCUT2D eigenvalue weighted by Crippen LogP contribution is -2.32. The fourth-order valence-corrected chi connectivity index (χ4v) is 3.78. The molecule has 1 atom stereocenters. The van der Waals surface area contributed by atoms with Crippen LogP contribution in [-0.4, -0.2) is 36.1 Å². The second-order valence-electron chi connectivity index (χ2n) is 7.29. The Hall–Kier alpha value is -3.74. The number of nitrogens with zero attached hydrogens (tertiary/aromatic N) is 2. The van der Waals surface area contributed by atoms with Crippen LogP contribution in [0.25, 0.3) is 0 Å². The third-order valence-electron chi connectivity index (χ3n) is 5.27. The number of hydrogen-bond donors (Lipinski definition) is 1. The molecule has 0 aliphatic carbocycles. The van der Waals surface area contributed by atoms with E-state index in [0.717, 1.165) is 22.7 Å². The Morgan fingerprint density at radius 3 is 2.47 bits per heavy atom. The normalized spacial score (nSPS) is 14.8. The van der Waals surface area contributed by atoms with E-state index in [1.54, 1.807) is 24.3 Å². The van der Waals surface area contributed by atoms with Crippen molar-refractivity contribution < 1.29 is 19.0 Å². The zero-order valence-electron chi connectivity index (χ0n) is 18.5. The molecule has 0 saturated carbocycles. The minimum Gasteiger partial charge on any atom is -0.497 e. The second-order valence-corrected chi connectivity index (χ2v) is 7.29. The highest BCUT2D eigenvalue weighted by Gasteiger charge is 2.38. The summed E-state index contributed by atoms with van der Waals surface area (Å²) in [4.78, 5) is 19.6. The van der Waals surface area contributed by atoms with Gasteiger partial charge in [0.2, 0.25) is 0 Å². The van der Waals surface area contributed by atoms with Crippen LogP contribution in [0.2, 0.25) is 0 Å². The van der Waals surface area contributed by atoms with Gasteiger partial charge in [0, 0.05) is 18.8 Å². The molecule has 32 heavy (non-hydrogen) atoms. The van der Waals surface area contributed by atoms with Crippen LogP contribution in [0.4, 0.5) is 5.69 Å². The number of nitrogens with one attached hydrogen (secondary N) is 1. The smallest absolute Gasteiger partial charge is 0.258 e. The minimum absolute atomic E-state index is 0.0691. The molecular formula is C25H27N3O4. The Labute approximate surface area is 187 Å². The van der Waals surface area contributed by atoms with E-state index in [0.29, 0.717) is 36.8 Å². The Bertz CT molecular complexity index is 1080. The maximum atomic E-state index is 13.3. The molecule has 0 radical (unpaired) electrons. The quantitative estimate of drug-likeness (QED) is 0.529. The van der Waals surface area contributed by atoms with Crippen LogP contribution in [0, 0.1) is 0 Å². The summed E-state index contributed by atoms with van der Waals surface area (Å²) < 4.78 is 16.7. The largest absolute Gasteiger partial charge is 0.497 e. The third kappa shape index (κ3) is 4.32. The number of benzene rings is 2. The standard InChI is InChI=1S/C25H27N3O4/c1-4-31-19-12-13-22(32-5-2)21(15-19)27-24-23-20(7-6-14-26-23)25(29)28(24)16-17-8-10-18(30-3)11-9-17/h6-15,24,27H,4-5,16H2,1-3H3/t24-/m1/s1. The molecule has 0 fully saturated rings. The third-order valence-corrected chi connectivity index (χ3v) is 5.27. The Balaban J connectivity index is 1.69. The summed E-state index contributed by atoms with van der Waals surface area (Å²) in [6.07, 6.45) is 1.26. The van der Waals surface area contributed by atoms with E-state index < -0.39 is 6.17 Å². The van der Waals surface area contributed by atoms with Gasteiger partial charge < -0.3 is 24.4 Å². The van der Waals surface area contributed by atoms with Crippen molar-refractivity contribution >= 4 is 11.6 Å². The van der Waals surface area contributed by atoms with Crippen LogP contribution in [0.5, 0.6) is 17.2 Å². The van der Waals surface area contributed by atoms with Crippen molar-refractivity contribution in [1.82, 2.24) is 9.88 Å². The van der Waals surface area contributed by atoms with Gasteiger partial charge in [0.05, 0.1) is 37.3 Å². The van der Waals surface area contributed by atoms with Gasteiger partial charge in [-0.3, -0.25) is 9.78 Å². The molecular weight excluding hydrogens is 406 g/mol. The van der Waals surface area contributed by atoms with Crippen LogP contribution in [0.3, 0.4) is 0 Å². The number of aromatic nitrogens is 1. The van der Waals surface area contributed by atoms with Gasteiger partial charge >= 0.3 is 0 Å². The molecule has 2 heterocycles. The Morgan fingerprint density at radius 2 is 1.75 bits per heavy atom. The van der Waals surface area contributed by atoms with E-state index in [1.807, 2.05) is 62.4 Å². The van der Waals surface area contributed by atoms with Gasteiger partial charge in [-0.05, 0) is 55.8 Å². The zero-order chi connectivity index (χ0) is 22.5. The van der Waals surface area contributed by atoms with E-state index in [2.05, 4.69) is 10.3 Å². The molecule has 7 nitrogen and oxygen atoms in total. The number of amides is 1. The van der Waals surface area contributed by atoms with Crippen LogP contribution in [-0.2, 0) is 6.54 Å². The number of carbonyl (C=O) groups is 1. The van der Waals surface area contributed by atoms with Crippen molar-refractivity contribution in [2.45, 2.75) is 26.6 Å². The van der Waals surface area contributed by atoms with E-state index in [-0.39, 0.29) is 5.91 Å². The van der Waals surface area contributed by atoms with E-state index in [4.69, 9.17) is 14.2 Å². The van der Waals surface area contributed by atoms with E-state index in [1.165, 1.54) is 0 Å². The molecule has 1 N–H and O–H groups in total. The molecule has 0 saturated heterocycles.